The van der Waals surface area contributed by atoms with Crippen LogP contribution in [0.25, 0.3) is 0 Å². The van der Waals surface area contributed by atoms with E-state index in [4.69, 9.17) is 5.11 Å². The molecule has 0 bridgehead atoms. The molecule has 0 radical (unpaired) electrons. The van der Waals surface area contributed by atoms with Gasteiger partial charge in [-0.1, -0.05) is 0 Å². The first-order chi connectivity index (χ1) is 9.77. The van der Waals surface area contributed by atoms with Gasteiger partial charge in [-0.3, -0.25) is 14.9 Å². The third-order valence-electron chi connectivity index (χ3n) is 4.12. The smallest absolute Gasteiger partial charge is 0.331 e. The second-order valence-electron chi connectivity index (χ2n) is 5.34. The van der Waals surface area contributed by atoms with Crippen LogP contribution in [0.15, 0.2) is 11.1 Å². The fraction of sp³-hybridized carbons (Fsp3) is 0.538. The number of piperidine rings is 1. The van der Waals surface area contributed by atoms with Crippen molar-refractivity contribution in [1.82, 2.24) is 15.5 Å². The number of carbonyl (C=O) groups excluding carboxylic acids is 3. The zero-order valence-electron chi connectivity index (χ0n) is 11.9. The van der Waals surface area contributed by atoms with Gasteiger partial charge in [-0.25, -0.2) is 9.59 Å². The molecule has 0 saturated carbocycles. The zero-order chi connectivity index (χ0) is 15.8. The number of carboxylic acids is 1. The number of hydrogen-bond donors (Lipinski definition) is 3. The molecule has 2 fully saturated rings. The summed E-state index contributed by atoms with van der Waals surface area (Å²) in [5.41, 5.74) is -0.751. The molecular formula is C13H17N3O5. The molecule has 1 spiro atoms. The van der Waals surface area contributed by atoms with Crippen molar-refractivity contribution in [2.24, 2.45) is 0 Å². The Hall–Kier alpha value is -2.38. The van der Waals surface area contributed by atoms with Gasteiger partial charge in [-0.15, -0.1) is 0 Å². The quantitative estimate of drug-likeness (QED) is 0.474. The first kappa shape index (κ1) is 15.0. The molecule has 0 aromatic rings. The minimum atomic E-state index is -1.13. The molecular weight excluding hydrogens is 278 g/mol. The lowest BCUT2D eigenvalue weighted by Crippen LogP contribution is -2.55. The number of carboxylic acid groups (broad SMARTS) is 1. The van der Waals surface area contributed by atoms with Crippen molar-refractivity contribution in [3.05, 3.63) is 11.1 Å². The number of amides is 4. The number of urea groups is 1. The molecule has 2 saturated heterocycles. The van der Waals surface area contributed by atoms with Crippen LogP contribution in [0.4, 0.5) is 4.79 Å². The van der Waals surface area contributed by atoms with Crippen molar-refractivity contribution < 1.29 is 24.3 Å². The fourth-order valence-corrected chi connectivity index (χ4v) is 2.53. The Morgan fingerprint density at radius 2 is 1.71 bits per heavy atom. The summed E-state index contributed by atoms with van der Waals surface area (Å²) in [7, 11) is 0. The maximum absolute atomic E-state index is 12.2. The van der Waals surface area contributed by atoms with Crippen LogP contribution in [0.3, 0.4) is 0 Å². The van der Waals surface area contributed by atoms with Crippen LogP contribution >= 0.6 is 0 Å². The molecule has 0 aromatic heterocycles. The van der Waals surface area contributed by atoms with E-state index in [2.05, 4.69) is 10.6 Å². The van der Waals surface area contributed by atoms with E-state index in [9.17, 15) is 19.2 Å². The predicted molar refractivity (Wildman–Crippen MR) is 71.2 cm³/mol. The van der Waals surface area contributed by atoms with Crippen LogP contribution < -0.4 is 10.6 Å². The van der Waals surface area contributed by atoms with Gasteiger partial charge in [0, 0.05) is 24.2 Å². The van der Waals surface area contributed by atoms with Crippen molar-refractivity contribution in [2.75, 3.05) is 13.1 Å². The number of carbonyl (C=O) groups is 4. The maximum Gasteiger partial charge on any atom is 0.331 e. The Morgan fingerprint density at radius 3 is 2.14 bits per heavy atom. The molecule has 2 heterocycles. The van der Waals surface area contributed by atoms with Gasteiger partial charge in [-0.2, -0.15) is 0 Å². The number of rotatable bonds is 2. The Kier molecular flexibility index (Phi) is 3.71. The van der Waals surface area contributed by atoms with Gasteiger partial charge in [0.05, 0.1) is 0 Å². The average molecular weight is 295 g/mol. The molecule has 4 amide bonds. The Bertz CT molecular complexity index is 558. The Labute approximate surface area is 121 Å². The van der Waals surface area contributed by atoms with Gasteiger partial charge in [0.15, 0.2) is 0 Å². The summed E-state index contributed by atoms with van der Waals surface area (Å²) >= 11 is 0. The van der Waals surface area contributed by atoms with Crippen molar-refractivity contribution in [3.8, 4) is 0 Å². The second-order valence-corrected chi connectivity index (χ2v) is 5.34. The van der Waals surface area contributed by atoms with Crippen molar-refractivity contribution in [3.63, 3.8) is 0 Å². The number of nitrogens with zero attached hydrogens (tertiary/aromatic N) is 1. The Balaban J connectivity index is 2.06. The third-order valence-corrected chi connectivity index (χ3v) is 4.12. The van der Waals surface area contributed by atoms with Crippen molar-refractivity contribution in [1.29, 1.82) is 0 Å². The Morgan fingerprint density at radius 1 is 1.14 bits per heavy atom. The predicted octanol–water partition coefficient (Wildman–Crippen LogP) is -0.392. The van der Waals surface area contributed by atoms with E-state index in [1.54, 1.807) is 0 Å². The molecule has 2 aliphatic rings. The highest BCUT2D eigenvalue weighted by molar-refractivity contribution is 6.07. The van der Waals surface area contributed by atoms with Crippen LogP contribution in [-0.2, 0) is 14.4 Å². The zero-order valence-corrected chi connectivity index (χ0v) is 11.9. The van der Waals surface area contributed by atoms with E-state index >= 15 is 0 Å². The van der Waals surface area contributed by atoms with Crippen molar-refractivity contribution in [2.45, 2.75) is 32.2 Å². The molecule has 21 heavy (non-hydrogen) atoms. The molecule has 3 N–H and O–H groups in total. The van der Waals surface area contributed by atoms with Crippen LogP contribution in [-0.4, -0.2) is 52.4 Å². The van der Waals surface area contributed by atoms with Crippen molar-refractivity contribution >= 4 is 23.8 Å². The normalized spacial score (nSPS) is 21.7. The minimum absolute atomic E-state index is 0.00667. The number of aliphatic carboxylic acids is 1. The van der Waals surface area contributed by atoms with Crippen LogP contribution in [0, 0.1) is 0 Å². The highest BCUT2D eigenvalue weighted by atomic mass is 16.4. The average Bonchev–Trinajstić information content (AvgIpc) is 2.71. The van der Waals surface area contributed by atoms with Gasteiger partial charge in [0.1, 0.15) is 5.54 Å². The summed E-state index contributed by atoms with van der Waals surface area (Å²) in [4.78, 5) is 47.6. The molecule has 8 heteroatoms. The second kappa shape index (κ2) is 5.19. The highest BCUT2D eigenvalue weighted by Gasteiger charge is 2.48. The lowest BCUT2D eigenvalue weighted by atomic mass is 9.87. The third kappa shape index (κ3) is 2.61. The molecule has 0 aromatic carbocycles. The largest absolute Gasteiger partial charge is 0.478 e. The summed E-state index contributed by atoms with van der Waals surface area (Å²) in [6.45, 7) is 3.43. The monoisotopic (exact) mass is 295 g/mol. The first-order valence-corrected chi connectivity index (χ1v) is 6.60. The molecule has 0 unspecified atom stereocenters. The summed E-state index contributed by atoms with van der Waals surface area (Å²) in [6, 6.07) is -0.516. The lowest BCUT2D eigenvalue weighted by molar-refractivity contribution is -0.134. The van der Waals surface area contributed by atoms with Crippen LogP contribution in [0.5, 0.6) is 0 Å². The maximum atomic E-state index is 12.2. The molecule has 8 nitrogen and oxygen atoms in total. The number of nitrogens with one attached hydrogen (secondary N) is 2. The van der Waals surface area contributed by atoms with Gasteiger partial charge in [-0.05, 0) is 26.7 Å². The molecule has 0 aliphatic carbocycles. The molecule has 0 atom stereocenters. The first-order valence-electron chi connectivity index (χ1n) is 6.60. The van der Waals surface area contributed by atoms with Crippen LogP contribution in [0.2, 0.25) is 0 Å². The molecule has 2 rings (SSSR count). The summed E-state index contributed by atoms with van der Waals surface area (Å²) in [5, 5.41) is 13.7. The fourth-order valence-electron chi connectivity index (χ4n) is 2.53. The lowest BCUT2D eigenvalue weighted by Gasteiger charge is -2.37. The van der Waals surface area contributed by atoms with Gasteiger partial charge >= 0.3 is 12.0 Å². The van der Waals surface area contributed by atoms with Gasteiger partial charge < -0.3 is 15.3 Å². The van der Waals surface area contributed by atoms with Gasteiger partial charge in [0.2, 0.25) is 5.91 Å². The van der Waals surface area contributed by atoms with Gasteiger partial charge in [0.25, 0.3) is 5.91 Å². The van der Waals surface area contributed by atoms with E-state index in [-0.39, 0.29) is 36.1 Å². The van der Waals surface area contributed by atoms with E-state index in [1.807, 2.05) is 0 Å². The number of imide groups is 1. The van der Waals surface area contributed by atoms with E-state index in [1.165, 1.54) is 18.7 Å². The van der Waals surface area contributed by atoms with E-state index in [0.717, 1.165) is 0 Å². The van der Waals surface area contributed by atoms with E-state index in [0.29, 0.717) is 12.8 Å². The standard InChI is InChI=1S/C13H17N3O5/c1-7(8(2)10(18)19)9(17)16-5-3-13(4-6-16)11(20)14-12(21)15-13/h3-6H2,1-2H3,(H,18,19)(H2,14,15,20,21). The summed E-state index contributed by atoms with van der Waals surface area (Å²) in [5.74, 6) is -1.85. The topological polar surface area (TPSA) is 116 Å². The SMILES string of the molecule is CC(C(=O)O)=C(C)C(=O)N1CCC2(CC1)NC(=O)NC2=O. The molecule has 114 valence electrons. The van der Waals surface area contributed by atoms with Crippen LogP contribution in [0.1, 0.15) is 26.7 Å². The van der Waals surface area contributed by atoms with E-state index < -0.39 is 17.5 Å². The minimum Gasteiger partial charge on any atom is -0.478 e. The highest BCUT2D eigenvalue weighted by Crippen LogP contribution is 2.26. The number of hydrogen-bond acceptors (Lipinski definition) is 4. The summed E-state index contributed by atoms with van der Waals surface area (Å²) < 4.78 is 0. The summed E-state index contributed by atoms with van der Waals surface area (Å²) in [6.07, 6.45) is 0.630. The molecule has 2 aliphatic heterocycles. The number of likely N-dealkylation sites (tertiary alicyclic amines) is 1.